The van der Waals surface area contributed by atoms with E-state index in [0.717, 1.165) is 50.2 Å². The maximum Gasteiger partial charge on any atom is 0.270 e. The SMILES string of the molecule is CCCCCCCCN1C(=O)/C(=C\c2c(C)c(C#N)c(=O)n(CCC)c2N2CC(C)CC(C)C2)SC1=S. The van der Waals surface area contributed by atoms with Crippen molar-refractivity contribution >= 4 is 46.1 Å². The zero-order valence-electron chi connectivity index (χ0n) is 23.1. The Morgan fingerprint density at radius 2 is 1.68 bits per heavy atom. The molecule has 0 N–H and O–H groups in total. The zero-order chi connectivity index (χ0) is 27.1. The highest BCUT2D eigenvalue weighted by molar-refractivity contribution is 8.26. The Kier molecular flexibility index (Phi) is 10.8. The first-order valence-corrected chi connectivity index (χ1v) is 15.1. The minimum atomic E-state index is -0.240. The number of piperidine rings is 1. The minimum Gasteiger partial charge on any atom is -0.357 e. The fourth-order valence-corrected chi connectivity index (χ4v) is 6.92. The lowest BCUT2D eigenvalue weighted by molar-refractivity contribution is -0.122. The summed E-state index contributed by atoms with van der Waals surface area (Å²) >= 11 is 6.93. The number of amides is 1. The number of pyridine rings is 1. The lowest BCUT2D eigenvalue weighted by atomic mass is 9.91. The van der Waals surface area contributed by atoms with Gasteiger partial charge in [-0.2, -0.15) is 5.26 Å². The predicted molar refractivity (Wildman–Crippen MR) is 159 cm³/mol. The third kappa shape index (κ3) is 6.86. The van der Waals surface area contributed by atoms with Crippen LogP contribution in [0.2, 0.25) is 0 Å². The number of rotatable bonds is 11. The van der Waals surface area contributed by atoms with Crippen molar-refractivity contribution in [3.63, 3.8) is 0 Å². The Morgan fingerprint density at radius 3 is 2.30 bits per heavy atom. The molecule has 0 radical (unpaired) electrons. The van der Waals surface area contributed by atoms with Crippen molar-refractivity contribution in [3.8, 4) is 6.07 Å². The van der Waals surface area contributed by atoms with Gasteiger partial charge in [0.2, 0.25) is 0 Å². The second-order valence-corrected chi connectivity index (χ2v) is 12.4. The van der Waals surface area contributed by atoms with E-state index in [4.69, 9.17) is 12.2 Å². The van der Waals surface area contributed by atoms with E-state index in [-0.39, 0.29) is 17.0 Å². The highest BCUT2D eigenvalue weighted by Crippen LogP contribution is 2.37. The minimum absolute atomic E-state index is 0.0685. The van der Waals surface area contributed by atoms with Gasteiger partial charge >= 0.3 is 0 Å². The first-order valence-electron chi connectivity index (χ1n) is 13.9. The summed E-state index contributed by atoms with van der Waals surface area (Å²) in [7, 11) is 0. The number of nitriles is 1. The topological polar surface area (TPSA) is 69.3 Å². The van der Waals surface area contributed by atoms with Crippen LogP contribution in [-0.2, 0) is 11.3 Å². The highest BCUT2D eigenvalue weighted by Gasteiger charge is 2.34. The summed E-state index contributed by atoms with van der Waals surface area (Å²) in [6.45, 7) is 13.4. The van der Waals surface area contributed by atoms with Crippen molar-refractivity contribution in [3.05, 3.63) is 31.9 Å². The van der Waals surface area contributed by atoms with E-state index in [1.165, 1.54) is 37.4 Å². The van der Waals surface area contributed by atoms with Crippen molar-refractivity contribution < 1.29 is 4.79 Å². The summed E-state index contributed by atoms with van der Waals surface area (Å²) in [4.78, 5) is 31.4. The van der Waals surface area contributed by atoms with Crippen molar-refractivity contribution in [1.82, 2.24) is 9.47 Å². The van der Waals surface area contributed by atoms with E-state index >= 15 is 0 Å². The third-order valence-corrected chi connectivity index (χ3v) is 8.72. The first-order chi connectivity index (χ1) is 17.7. The molecule has 2 aliphatic heterocycles. The van der Waals surface area contributed by atoms with Gasteiger partial charge in [-0.05, 0) is 49.7 Å². The zero-order valence-corrected chi connectivity index (χ0v) is 24.8. The van der Waals surface area contributed by atoms with Gasteiger partial charge in [-0.15, -0.1) is 0 Å². The van der Waals surface area contributed by atoms with Crippen LogP contribution in [0.15, 0.2) is 9.70 Å². The first kappa shape index (κ1) is 29.4. The molecule has 2 atom stereocenters. The number of hydrogen-bond donors (Lipinski definition) is 0. The summed E-state index contributed by atoms with van der Waals surface area (Å²) in [6.07, 6.45) is 10.7. The Morgan fingerprint density at radius 1 is 1.03 bits per heavy atom. The van der Waals surface area contributed by atoms with Gasteiger partial charge in [-0.1, -0.05) is 83.8 Å². The number of nitrogens with zero attached hydrogens (tertiary/aromatic N) is 4. The molecule has 8 heteroatoms. The van der Waals surface area contributed by atoms with Crippen LogP contribution >= 0.6 is 24.0 Å². The number of thiocarbonyl (C=S) groups is 1. The van der Waals surface area contributed by atoms with Gasteiger partial charge in [0.05, 0.1) is 4.91 Å². The fourth-order valence-electron chi connectivity index (χ4n) is 5.63. The van der Waals surface area contributed by atoms with Crippen LogP contribution in [0.25, 0.3) is 6.08 Å². The largest absolute Gasteiger partial charge is 0.357 e. The van der Waals surface area contributed by atoms with E-state index in [0.29, 0.717) is 39.7 Å². The van der Waals surface area contributed by atoms with Crippen LogP contribution in [0.4, 0.5) is 5.82 Å². The van der Waals surface area contributed by atoms with Crippen LogP contribution in [0.1, 0.15) is 95.8 Å². The van der Waals surface area contributed by atoms with Gasteiger partial charge in [0.1, 0.15) is 21.8 Å². The Labute approximate surface area is 232 Å². The molecule has 0 aromatic carbocycles. The van der Waals surface area contributed by atoms with Crippen molar-refractivity contribution in [2.24, 2.45) is 11.8 Å². The summed E-state index contributed by atoms with van der Waals surface area (Å²) in [6, 6.07) is 2.14. The maximum atomic E-state index is 13.4. The molecule has 6 nitrogen and oxygen atoms in total. The summed E-state index contributed by atoms with van der Waals surface area (Å²) in [5.41, 5.74) is 1.35. The van der Waals surface area contributed by atoms with Crippen LogP contribution in [0.3, 0.4) is 0 Å². The monoisotopic (exact) mass is 542 g/mol. The number of aromatic nitrogens is 1. The number of anilines is 1. The number of carbonyl (C=O) groups is 1. The van der Waals surface area contributed by atoms with E-state index in [9.17, 15) is 14.9 Å². The highest BCUT2D eigenvalue weighted by atomic mass is 32.2. The maximum absolute atomic E-state index is 13.4. The summed E-state index contributed by atoms with van der Waals surface area (Å²) in [5, 5.41) is 9.87. The lowest BCUT2D eigenvalue weighted by Gasteiger charge is -2.39. The molecule has 0 spiro atoms. The molecule has 1 amide bonds. The summed E-state index contributed by atoms with van der Waals surface area (Å²) < 4.78 is 2.35. The average molecular weight is 543 g/mol. The molecule has 2 fully saturated rings. The second kappa shape index (κ2) is 13.6. The Hall–Kier alpha value is -2.11. The molecule has 2 unspecified atom stereocenters. The van der Waals surface area contributed by atoms with E-state index < -0.39 is 0 Å². The molecule has 0 saturated carbocycles. The smallest absolute Gasteiger partial charge is 0.270 e. The molecule has 37 heavy (non-hydrogen) atoms. The molecule has 0 bridgehead atoms. The van der Waals surface area contributed by atoms with E-state index in [1.807, 2.05) is 19.9 Å². The third-order valence-electron chi connectivity index (χ3n) is 7.35. The van der Waals surface area contributed by atoms with Crippen molar-refractivity contribution in [1.29, 1.82) is 5.26 Å². The van der Waals surface area contributed by atoms with Crippen molar-refractivity contribution in [2.45, 2.75) is 92.5 Å². The van der Waals surface area contributed by atoms with E-state index in [1.54, 1.807) is 9.47 Å². The van der Waals surface area contributed by atoms with Gasteiger partial charge in [-0.3, -0.25) is 19.1 Å². The molecule has 3 rings (SSSR count). The Bertz CT molecular complexity index is 1120. The van der Waals surface area contributed by atoms with Crippen LogP contribution in [0.5, 0.6) is 0 Å². The van der Waals surface area contributed by atoms with Gasteiger partial charge in [0, 0.05) is 31.7 Å². The van der Waals surface area contributed by atoms with Crippen molar-refractivity contribution in [2.75, 3.05) is 24.5 Å². The number of thioether (sulfide) groups is 1. The number of unbranched alkanes of at least 4 members (excludes halogenated alkanes) is 5. The predicted octanol–water partition coefficient (Wildman–Crippen LogP) is 6.48. The molecule has 1 aromatic rings. The Balaban J connectivity index is 2.01. The molecule has 202 valence electrons. The fraction of sp³-hybridized carbons (Fsp3) is 0.655. The van der Waals surface area contributed by atoms with Crippen LogP contribution in [-0.4, -0.2) is 39.3 Å². The molecular weight excluding hydrogens is 500 g/mol. The van der Waals surface area contributed by atoms with E-state index in [2.05, 4.69) is 31.7 Å². The molecule has 2 saturated heterocycles. The number of carbonyl (C=O) groups excluding carboxylic acids is 1. The average Bonchev–Trinajstić information content (AvgIpc) is 3.11. The molecular formula is C29H42N4O2S2. The second-order valence-electron chi connectivity index (χ2n) is 10.8. The van der Waals surface area contributed by atoms with Gasteiger partial charge in [0.25, 0.3) is 11.5 Å². The van der Waals surface area contributed by atoms with Gasteiger partial charge < -0.3 is 4.90 Å². The lowest BCUT2D eigenvalue weighted by Crippen LogP contribution is -2.43. The van der Waals surface area contributed by atoms with Gasteiger partial charge in [-0.25, -0.2) is 0 Å². The quantitative estimate of drug-likeness (QED) is 0.181. The summed E-state index contributed by atoms with van der Waals surface area (Å²) in [5.74, 6) is 1.76. The molecule has 3 heterocycles. The molecule has 2 aliphatic rings. The van der Waals surface area contributed by atoms with Crippen LogP contribution in [0, 0.1) is 30.1 Å². The molecule has 0 aliphatic carbocycles. The molecule has 1 aromatic heterocycles. The van der Waals surface area contributed by atoms with Gasteiger partial charge in [0.15, 0.2) is 0 Å². The van der Waals surface area contributed by atoms with Crippen LogP contribution < -0.4 is 10.5 Å². The number of hydrogen-bond acceptors (Lipinski definition) is 6. The normalized spacial score (nSPS) is 21.2. The standard InChI is InChI=1S/C29H42N4O2S2/c1-6-8-9-10-11-12-14-33-28(35)25(37-29(33)36)16-23-22(5)24(17-30)27(34)32(13-7-2)26(23)31-18-20(3)15-21(4)19-31/h16,20-21H,6-15,18-19H2,1-5H3/b25-16+.